The zero-order valence-electron chi connectivity index (χ0n) is 16.6. The lowest BCUT2D eigenvalue weighted by atomic mass is 10.1. The van der Waals surface area contributed by atoms with Gasteiger partial charge in [0.15, 0.2) is 17.3 Å². The molecular weight excluding hydrogens is 396 g/mol. The normalized spacial score (nSPS) is 10.6. The van der Waals surface area contributed by atoms with Gasteiger partial charge in [0, 0.05) is 6.54 Å². The number of carbonyl (C=O) groups is 1. The lowest BCUT2D eigenvalue weighted by molar-refractivity contribution is -0.389. The lowest BCUT2D eigenvalue weighted by Crippen LogP contribution is -2.26. The maximum atomic E-state index is 12.2. The van der Waals surface area contributed by atoms with E-state index in [-0.39, 0.29) is 24.1 Å². The molecule has 0 saturated carbocycles. The minimum Gasteiger partial charge on any atom is -0.493 e. The third kappa shape index (κ3) is 4.71. The van der Waals surface area contributed by atoms with Crippen LogP contribution in [0.15, 0.2) is 28.8 Å². The van der Waals surface area contributed by atoms with Crippen LogP contribution in [0.1, 0.15) is 27.8 Å². The topological polar surface area (TPSA) is 147 Å². The Morgan fingerprint density at radius 2 is 2.03 bits per heavy atom. The van der Waals surface area contributed by atoms with Crippen molar-refractivity contribution >= 4 is 11.7 Å². The highest BCUT2D eigenvalue weighted by Gasteiger charge is 2.19. The summed E-state index contributed by atoms with van der Waals surface area (Å²) in [5, 5.41) is 21.1. The van der Waals surface area contributed by atoms with E-state index in [1.165, 1.54) is 10.7 Å². The molecule has 0 aliphatic rings. The van der Waals surface area contributed by atoms with Gasteiger partial charge < -0.3 is 29.4 Å². The molecule has 0 saturated heterocycles. The first-order valence-electron chi connectivity index (χ1n) is 8.91. The predicted molar refractivity (Wildman–Crippen MR) is 103 cm³/mol. The molecule has 2 heterocycles. The number of nitro groups is 1. The van der Waals surface area contributed by atoms with Crippen LogP contribution >= 0.6 is 0 Å². The molecule has 1 amide bonds. The second kappa shape index (κ2) is 9.03. The van der Waals surface area contributed by atoms with Gasteiger partial charge in [0.2, 0.25) is 0 Å². The van der Waals surface area contributed by atoms with Gasteiger partial charge >= 0.3 is 17.6 Å². The van der Waals surface area contributed by atoms with Crippen LogP contribution in [0.2, 0.25) is 0 Å². The zero-order valence-corrected chi connectivity index (χ0v) is 16.6. The Balaban J connectivity index is 1.56. The summed E-state index contributed by atoms with van der Waals surface area (Å²) in [5.74, 6) is 0.428. The second-order valence-electron chi connectivity index (χ2n) is 6.27. The monoisotopic (exact) mass is 416 g/mol. The van der Waals surface area contributed by atoms with E-state index < -0.39 is 10.8 Å². The largest absolute Gasteiger partial charge is 0.493 e. The summed E-state index contributed by atoms with van der Waals surface area (Å²) in [6, 6.07) is 6.84. The van der Waals surface area contributed by atoms with Gasteiger partial charge in [0.1, 0.15) is 6.54 Å². The molecule has 0 fully saturated rings. The molecule has 1 aromatic carbocycles. The SMILES string of the molecule is COc1ccc(CCNC(=O)c2nc(Cn3nc([N+](=O)[O-])cc3C)no2)cc1OC. The summed E-state index contributed by atoms with van der Waals surface area (Å²) in [6.07, 6.45) is 0.559. The Kier molecular flexibility index (Phi) is 6.25. The van der Waals surface area contributed by atoms with Crippen molar-refractivity contribution in [3.8, 4) is 11.5 Å². The average molecular weight is 416 g/mol. The van der Waals surface area contributed by atoms with Crippen LogP contribution in [-0.2, 0) is 13.0 Å². The Morgan fingerprint density at radius 3 is 2.70 bits per heavy atom. The number of nitrogens with one attached hydrogen (secondary N) is 1. The molecule has 0 aliphatic heterocycles. The molecule has 0 aliphatic carbocycles. The zero-order chi connectivity index (χ0) is 21.7. The van der Waals surface area contributed by atoms with Crippen molar-refractivity contribution in [1.82, 2.24) is 25.2 Å². The number of hydrogen-bond acceptors (Lipinski definition) is 9. The van der Waals surface area contributed by atoms with Crippen molar-refractivity contribution in [2.75, 3.05) is 20.8 Å². The molecular formula is C18H20N6O6. The molecule has 2 aromatic heterocycles. The fraction of sp³-hybridized carbons (Fsp3) is 0.333. The molecule has 3 rings (SSSR count). The minimum absolute atomic E-state index is 0.0437. The summed E-state index contributed by atoms with van der Waals surface area (Å²) < 4.78 is 16.8. The second-order valence-corrected chi connectivity index (χ2v) is 6.27. The number of aryl methyl sites for hydroxylation is 1. The first kappa shape index (κ1) is 20.8. The smallest absolute Gasteiger partial charge is 0.390 e. The number of ether oxygens (including phenoxy) is 2. The maximum Gasteiger partial charge on any atom is 0.390 e. The van der Waals surface area contributed by atoms with Gasteiger partial charge in [-0.05, 0) is 36.0 Å². The number of rotatable bonds is 9. The van der Waals surface area contributed by atoms with E-state index in [1.807, 2.05) is 12.1 Å². The standard InChI is InChI=1S/C18H20N6O6/c1-11-8-16(24(26)27)21-23(11)10-15-20-18(30-22-15)17(25)19-7-6-12-4-5-13(28-2)14(9-12)29-3/h4-5,8-9H,6-7,10H2,1-3H3,(H,19,25). The van der Waals surface area contributed by atoms with Gasteiger partial charge in [-0.25, -0.2) is 0 Å². The van der Waals surface area contributed by atoms with Crippen molar-refractivity contribution in [3.63, 3.8) is 0 Å². The van der Waals surface area contributed by atoms with Crippen molar-refractivity contribution < 1.29 is 23.7 Å². The highest BCUT2D eigenvalue weighted by Crippen LogP contribution is 2.27. The number of carbonyl (C=O) groups excluding carboxylic acids is 1. The number of aromatic nitrogens is 4. The van der Waals surface area contributed by atoms with Crippen LogP contribution < -0.4 is 14.8 Å². The number of methoxy groups -OCH3 is 2. The molecule has 12 nitrogen and oxygen atoms in total. The molecule has 158 valence electrons. The van der Waals surface area contributed by atoms with Gasteiger partial charge in [-0.3, -0.25) is 4.79 Å². The molecule has 0 radical (unpaired) electrons. The molecule has 0 unspecified atom stereocenters. The van der Waals surface area contributed by atoms with Crippen LogP contribution in [0.3, 0.4) is 0 Å². The third-order valence-electron chi connectivity index (χ3n) is 4.26. The molecule has 3 aromatic rings. The lowest BCUT2D eigenvalue weighted by Gasteiger charge is -2.09. The fourth-order valence-electron chi connectivity index (χ4n) is 2.72. The molecule has 30 heavy (non-hydrogen) atoms. The van der Waals surface area contributed by atoms with E-state index in [1.54, 1.807) is 27.2 Å². The van der Waals surface area contributed by atoms with E-state index in [9.17, 15) is 14.9 Å². The molecule has 0 spiro atoms. The van der Waals surface area contributed by atoms with Crippen molar-refractivity contribution in [1.29, 1.82) is 0 Å². The van der Waals surface area contributed by atoms with E-state index in [2.05, 4.69) is 20.6 Å². The third-order valence-corrected chi connectivity index (χ3v) is 4.26. The molecule has 0 atom stereocenters. The summed E-state index contributed by atoms with van der Waals surface area (Å²) in [6.45, 7) is 2.06. The minimum atomic E-state index is -0.586. The van der Waals surface area contributed by atoms with Gasteiger partial charge in [-0.2, -0.15) is 9.67 Å². The van der Waals surface area contributed by atoms with E-state index in [0.29, 0.717) is 30.2 Å². The molecule has 0 bridgehead atoms. The number of benzene rings is 1. The summed E-state index contributed by atoms with van der Waals surface area (Å²) in [7, 11) is 3.12. The van der Waals surface area contributed by atoms with Gasteiger partial charge in [0.05, 0.1) is 31.1 Å². The Hall–Kier alpha value is -3.96. The Morgan fingerprint density at radius 1 is 1.27 bits per heavy atom. The highest BCUT2D eigenvalue weighted by molar-refractivity contribution is 5.89. The van der Waals surface area contributed by atoms with E-state index >= 15 is 0 Å². The summed E-state index contributed by atoms with van der Waals surface area (Å²) >= 11 is 0. The maximum absolute atomic E-state index is 12.2. The number of nitrogens with zero attached hydrogens (tertiary/aromatic N) is 5. The van der Waals surface area contributed by atoms with Crippen LogP contribution in [0, 0.1) is 17.0 Å². The Bertz CT molecular complexity index is 1060. The number of hydrogen-bond donors (Lipinski definition) is 1. The van der Waals surface area contributed by atoms with Crippen LogP contribution in [-0.4, -0.2) is 51.5 Å². The summed E-state index contributed by atoms with van der Waals surface area (Å²) in [4.78, 5) is 26.5. The first-order chi connectivity index (χ1) is 14.4. The van der Waals surface area contributed by atoms with Gasteiger partial charge in [-0.1, -0.05) is 11.2 Å². The van der Waals surface area contributed by atoms with Crippen molar-refractivity contribution in [2.24, 2.45) is 0 Å². The van der Waals surface area contributed by atoms with Crippen molar-refractivity contribution in [3.05, 3.63) is 57.4 Å². The molecule has 12 heteroatoms. The van der Waals surface area contributed by atoms with Crippen LogP contribution in [0.5, 0.6) is 11.5 Å². The van der Waals surface area contributed by atoms with Crippen LogP contribution in [0.4, 0.5) is 5.82 Å². The van der Waals surface area contributed by atoms with Gasteiger partial charge in [-0.15, -0.1) is 0 Å². The first-order valence-corrected chi connectivity index (χ1v) is 8.91. The molecule has 1 N–H and O–H groups in total. The van der Waals surface area contributed by atoms with Crippen molar-refractivity contribution in [2.45, 2.75) is 19.9 Å². The predicted octanol–water partition coefficient (Wildman–Crippen LogP) is 1.52. The fourth-order valence-corrected chi connectivity index (χ4v) is 2.72. The Labute approximate surface area is 170 Å². The van der Waals surface area contributed by atoms with Gasteiger partial charge in [0.25, 0.3) is 0 Å². The highest BCUT2D eigenvalue weighted by atomic mass is 16.6. The van der Waals surface area contributed by atoms with E-state index in [0.717, 1.165) is 5.56 Å². The average Bonchev–Trinajstić information content (AvgIpc) is 3.35. The summed E-state index contributed by atoms with van der Waals surface area (Å²) in [5.41, 5.74) is 1.52. The quantitative estimate of drug-likeness (QED) is 0.405. The van der Waals surface area contributed by atoms with Crippen LogP contribution in [0.25, 0.3) is 0 Å². The number of amides is 1. The van der Waals surface area contributed by atoms with E-state index in [4.69, 9.17) is 14.0 Å².